The smallest absolute Gasteiger partial charge is 0.283 e. The van der Waals surface area contributed by atoms with Gasteiger partial charge < -0.3 is 9.80 Å². The normalized spacial score (nSPS) is 16.6. The molecule has 2 heterocycles. The molecule has 1 fully saturated rings. The first kappa shape index (κ1) is 26.7. The Morgan fingerprint density at radius 2 is 1.64 bits per heavy atom. The van der Waals surface area contributed by atoms with Crippen LogP contribution in [-0.2, 0) is 9.59 Å². The Morgan fingerprint density at radius 1 is 0.923 bits per heavy atom. The Balaban J connectivity index is 1.25. The highest BCUT2D eigenvalue weighted by Gasteiger charge is 2.33. The Bertz CT molecular complexity index is 1450. The zero-order chi connectivity index (χ0) is 27.4. The highest BCUT2D eigenvalue weighted by atomic mass is 35.5. The zero-order valence-electron chi connectivity index (χ0n) is 21.4. The molecule has 0 N–H and O–H groups in total. The molecule has 0 aliphatic carbocycles. The Hall–Kier alpha value is -3.88. The number of anilines is 2. The molecule has 3 aromatic rings. The highest BCUT2D eigenvalue weighted by molar-refractivity contribution is 8.14. The summed E-state index contributed by atoms with van der Waals surface area (Å²) in [5.41, 5.74) is 3.49. The first-order valence-electron chi connectivity index (χ1n) is 12.6. The van der Waals surface area contributed by atoms with Crippen LogP contribution >= 0.6 is 23.4 Å². The number of carbonyl (C=O) groups excluding carboxylic acids is 3. The number of halogens is 1. The third-order valence-corrected chi connectivity index (χ3v) is 7.75. The van der Waals surface area contributed by atoms with E-state index in [0.717, 1.165) is 11.3 Å². The lowest BCUT2D eigenvalue weighted by Gasteiger charge is -2.36. The van der Waals surface area contributed by atoms with Crippen molar-refractivity contribution >= 4 is 63.6 Å². The molecule has 0 atom stereocenters. The van der Waals surface area contributed by atoms with Gasteiger partial charge in [0.05, 0.1) is 11.4 Å². The van der Waals surface area contributed by atoms with Crippen molar-refractivity contribution in [1.82, 2.24) is 4.90 Å². The molecule has 7 nitrogen and oxygen atoms in total. The highest BCUT2D eigenvalue weighted by Crippen LogP contribution is 2.30. The van der Waals surface area contributed by atoms with E-state index < -0.39 is 0 Å². The van der Waals surface area contributed by atoms with Gasteiger partial charge in [-0.25, -0.2) is 4.99 Å². The van der Waals surface area contributed by atoms with E-state index >= 15 is 0 Å². The number of ketones is 1. The average Bonchev–Trinajstić information content (AvgIpc) is 3.26. The van der Waals surface area contributed by atoms with Gasteiger partial charge in [0, 0.05) is 42.5 Å². The van der Waals surface area contributed by atoms with E-state index in [1.54, 1.807) is 30.0 Å². The van der Waals surface area contributed by atoms with Crippen LogP contribution in [0.2, 0.25) is 5.02 Å². The van der Waals surface area contributed by atoms with Crippen molar-refractivity contribution in [2.75, 3.05) is 41.7 Å². The van der Waals surface area contributed by atoms with Crippen LogP contribution in [0.15, 0.2) is 89.6 Å². The lowest BCUT2D eigenvalue weighted by atomic mass is 10.1. The van der Waals surface area contributed by atoms with Gasteiger partial charge in [-0.15, -0.1) is 0 Å². The Labute approximate surface area is 236 Å². The molecule has 0 aromatic heterocycles. The molecule has 0 saturated carbocycles. The van der Waals surface area contributed by atoms with Crippen LogP contribution in [0, 0.1) is 0 Å². The summed E-state index contributed by atoms with van der Waals surface area (Å²) < 4.78 is 0. The van der Waals surface area contributed by atoms with E-state index in [4.69, 9.17) is 11.6 Å². The van der Waals surface area contributed by atoms with Crippen molar-refractivity contribution < 1.29 is 14.4 Å². The molecule has 2 aliphatic rings. The minimum absolute atomic E-state index is 0.00186. The Kier molecular flexibility index (Phi) is 8.14. The van der Waals surface area contributed by atoms with Gasteiger partial charge in [-0.3, -0.25) is 19.3 Å². The topological polar surface area (TPSA) is 73.3 Å². The third kappa shape index (κ3) is 6.24. The number of thioether (sulfide) groups is 1. The van der Waals surface area contributed by atoms with Gasteiger partial charge in [-0.1, -0.05) is 53.7 Å². The summed E-state index contributed by atoms with van der Waals surface area (Å²) in [4.78, 5) is 48.2. The summed E-state index contributed by atoms with van der Waals surface area (Å²) in [6, 6.07) is 24.1. The largest absolute Gasteiger partial charge is 0.368 e. The SMILES string of the molecule is CC(=O)c1ccc(N2CCN(C(=O)CSC3=N/C(=C/c4cccc(Cl)c4)C(=O)N3c3ccccc3)CC2)cc1. The van der Waals surface area contributed by atoms with Crippen LogP contribution in [0.3, 0.4) is 0 Å². The second kappa shape index (κ2) is 11.9. The molecule has 198 valence electrons. The summed E-state index contributed by atoms with van der Waals surface area (Å²) >= 11 is 7.38. The number of benzene rings is 3. The lowest BCUT2D eigenvalue weighted by Crippen LogP contribution is -2.49. The summed E-state index contributed by atoms with van der Waals surface area (Å²) in [6.07, 6.45) is 1.71. The van der Waals surface area contributed by atoms with Crippen LogP contribution in [0.5, 0.6) is 0 Å². The number of para-hydroxylation sites is 1. The van der Waals surface area contributed by atoms with Gasteiger partial charge in [0.1, 0.15) is 5.70 Å². The van der Waals surface area contributed by atoms with E-state index in [-0.39, 0.29) is 23.4 Å². The molecule has 2 aliphatic heterocycles. The summed E-state index contributed by atoms with van der Waals surface area (Å²) in [5.74, 6) is -0.0313. The van der Waals surface area contributed by atoms with E-state index in [2.05, 4.69) is 9.89 Å². The molecular formula is C30H27ClN4O3S. The number of nitrogens with zero attached hydrogens (tertiary/aromatic N) is 4. The Morgan fingerprint density at radius 3 is 2.31 bits per heavy atom. The van der Waals surface area contributed by atoms with E-state index in [1.165, 1.54) is 11.8 Å². The minimum Gasteiger partial charge on any atom is -0.368 e. The van der Waals surface area contributed by atoms with Gasteiger partial charge in [-0.05, 0) is 67.1 Å². The van der Waals surface area contributed by atoms with Gasteiger partial charge in [0.2, 0.25) is 5.91 Å². The van der Waals surface area contributed by atoms with Gasteiger partial charge in [0.25, 0.3) is 5.91 Å². The molecule has 2 amide bonds. The molecule has 0 spiro atoms. The van der Waals surface area contributed by atoms with Gasteiger partial charge in [0.15, 0.2) is 11.0 Å². The molecule has 9 heteroatoms. The third-order valence-electron chi connectivity index (χ3n) is 6.59. The van der Waals surface area contributed by atoms with Crippen molar-refractivity contribution in [3.05, 3.63) is 101 Å². The number of piperazine rings is 1. The number of carbonyl (C=O) groups is 3. The number of aliphatic imine (C=N–C) groups is 1. The van der Waals surface area contributed by atoms with E-state index in [1.807, 2.05) is 71.6 Å². The number of amides is 2. The fourth-order valence-corrected chi connectivity index (χ4v) is 5.60. The molecular weight excluding hydrogens is 532 g/mol. The second-order valence-electron chi connectivity index (χ2n) is 9.21. The van der Waals surface area contributed by atoms with Crippen LogP contribution in [-0.4, -0.2) is 59.6 Å². The van der Waals surface area contributed by atoms with Crippen molar-refractivity contribution in [1.29, 1.82) is 0 Å². The van der Waals surface area contributed by atoms with Crippen LogP contribution in [0.1, 0.15) is 22.8 Å². The summed E-state index contributed by atoms with van der Waals surface area (Å²) in [7, 11) is 0. The first-order valence-corrected chi connectivity index (χ1v) is 14.0. The van der Waals surface area contributed by atoms with Crippen LogP contribution < -0.4 is 9.80 Å². The predicted molar refractivity (Wildman–Crippen MR) is 158 cm³/mol. The average molecular weight is 559 g/mol. The number of Topliss-reactive ketones (excluding diaryl/α,β-unsaturated/α-hetero) is 1. The predicted octanol–water partition coefficient (Wildman–Crippen LogP) is 5.37. The van der Waals surface area contributed by atoms with Crippen LogP contribution in [0.4, 0.5) is 11.4 Å². The summed E-state index contributed by atoms with van der Waals surface area (Å²) in [5, 5.41) is 1.05. The van der Waals surface area contributed by atoms with Gasteiger partial charge in [-0.2, -0.15) is 0 Å². The monoisotopic (exact) mass is 558 g/mol. The number of rotatable bonds is 6. The van der Waals surface area contributed by atoms with Crippen molar-refractivity contribution in [3.8, 4) is 0 Å². The standard InChI is InChI=1S/C30H27ClN4O3S/c1-21(36)23-10-12-25(13-11-23)33-14-16-34(17-15-33)28(37)20-39-30-32-27(19-22-6-5-7-24(31)18-22)29(38)35(30)26-8-3-2-4-9-26/h2-13,18-19H,14-17,20H2,1H3/b27-19+. The maximum atomic E-state index is 13.4. The quantitative estimate of drug-likeness (QED) is 0.300. The molecule has 0 radical (unpaired) electrons. The minimum atomic E-state index is -0.250. The number of amidine groups is 1. The molecule has 0 unspecified atom stereocenters. The first-order chi connectivity index (χ1) is 18.9. The fraction of sp³-hybridized carbons (Fsp3) is 0.200. The van der Waals surface area contributed by atoms with Gasteiger partial charge >= 0.3 is 0 Å². The number of hydrogen-bond donors (Lipinski definition) is 0. The summed E-state index contributed by atoms with van der Waals surface area (Å²) in [6.45, 7) is 4.17. The maximum Gasteiger partial charge on any atom is 0.283 e. The molecule has 5 rings (SSSR count). The molecule has 0 bridgehead atoms. The molecule has 39 heavy (non-hydrogen) atoms. The number of hydrogen-bond acceptors (Lipinski definition) is 6. The van der Waals surface area contributed by atoms with E-state index in [0.29, 0.717) is 53.3 Å². The van der Waals surface area contributed by atoms with Crippen LogP contribution in [0.25, 0.3) is 6.08 Å². The van der Waals surface area contributed by atoms with Crippen molar-refractivity contribution in [3.63, 3.8) is 0 Å². The van der Waals surface area contributed by atoms with E-state index in [9.17, 15) is 14.4 Å². The second-order valence-corrected chi connectivity index (χ2v) is 10.6. The zero-order valence-corrected chi connectivity index (χ0v) is 23.0. The molecule has 1 saturated heterocycles. The lowest BCUT2D eigenvalue weighted by molar-refractivity contribution is -0.128. The van der Waals surface area contributed by atoms with Crippen molar-refractivity contribution in [2.24, 2.45) is 4.99 Å². The molecule has 3 aromatic carbocycles. The maximum absolute atomic E-state index is 13.4. The van der Waals surface area contributed by atoms with Crippen molar-refractivity contribution in [2.45, 2.75) is 6.92 Å². The fourth-order valence-electron chi connectivity index (χ4n) is 4.49.